The molecule has 2 aromatic heterocycles. The Morgan fingerprint density at radius 1 is 1.06 bits per heavy atom. The number of primary amides is 1. The molecule has 31 heavy (non-hydrogen) atoms. The number of hydrogen-bond acceptors (Lipinski definition) is 4. The zero-order chi connectivity index (χ0) is 21.5. The molecular formula is C23H19ClN4O3. The summed E-state index contributed by atoms with van der Waals surface area (Å²) in [6, 6.07) is 14.3. The molecule has 0 spiro atoms. The number of carbonyl (C=O) groups excluding carboxylic acids is 2. The molecule has 156 valence electrons. The fraction of sp³-hybridized carbons (Fsp3) is 0.174. The van der Waals surface area contributed by atoms with Crippen LogP contribution in [-0.4, -0.2) is 53.0 Å². The Kier molecular flexibility index (Phi) is 4.84. The van der Waals surface area contributed by atoms with Crippen molar-refractivity contribution in [2.24, 2.45) is 5.73 Å². The summed E-state index contributed by atoms with van der Waals surface area (Å²) in [7, 11) is 0. The van der Waals surface area contributed by atoms with Gasteiger partial charge >= 0.3 is 0 Å². The fourth-order valence-electron chi connectivity index (χ4n) is 3.90. The first-order valence-electron chi connectivity index (χ1n) is 9.90. The van der Waals surface area contributed by atoms with Crippen LogP contribution in [0.4, 0.5) is 0 Å². The van der Waals surface area contributed by atoms with Gasteiger partial charge < -0.3 is 20.4 Å². The number of amides is 2. The second kappa shape index (κ2) is 7.68. The summed E-state index contributed by atoms with van der Waals surface area (Å²) in [6.45, 7) is 2.22. The monoisotopic (exact) mass is 434 g/mol. The van der Waals surface area contributed by atoms with Gasteiger partial charge in [0.05, 0.1) is 35.5 Å². The second-order valence-electron chi connectivity index (χ2n) is 7.44. The summed E-state index contributed by atoms with van der Waals surface area (Å²) in [4.78, 5) is 34.8. The van der Waals surface area contributed by atoms with E-state index in [4.69, 9.17) is 27.1 Å². The highest BCUT2D eigenvalue weighted by atomic mass is 35.5. The molecule has 3 N–H and O–H groups in total. The van der Waals surface area contributed by atoms with Gasteiger partial charge in [-0.3, -0.25) is 9.59 Å². The maximum atomic E-state index is 12.9. The maximum Gasteiger partial charge on any atom is 0.254 e. The zero-order valence-corrected chi connectivity index (χ0v) is 17.3. The molecule has 5 rings (SSSR count). The van der Waals surface area contributed by atoms with E-state index in [1.165, 1.54) is 0 Å². The number of nitrogens with one attached hydrogen (secondary N) is 1. The number of H-pyrrole nitrogens is 1. The number of morpholine rings is 1. The number of aromatic nitrogens is 2. The van der Waals surface area contributed by atoms with Crippen molar-refractivity contribution in [2.45, 2.75) is 0 Å². The molecule has 1 aliphatic heterocycles. The summed E-state index contributed by atoms with van der Waals surface area (Å²) in [5.41, 5.74) is 9.91. The Labute approximate surface area is 182 Å². The molecule has 0 atom stereocenters. The van der Waals surface area contributed by atoms with Crippen LogP contribution in [0.1, 0.15) is 20.7 Å². The van der Waals surface area contributed by atoms with Crippen LogP contribution in [0.5, 0.6) is 0 Å². The number of carbonyl (C=O) groups is 2. The summed E-state index contributed by atoms with van der Waals surface area (Å²) in [6.07, 6.45) is 0. The predicted octanol–water partition coefficient (Wildman–Crippen LogP) is 3.61. The second-order valence-corrected chi connectivity index (χ2v) is 7.88. The standard InChI is InChI=1S/C23H19ClN4O3/c24-15-4-1-13(2-5-15)18-12-17(22(25)29)21-20(26-18)16-6-3-14(11-19(16)27-21)23(30)28-7-9-31-10-8-28/h1-6,11-12,27H,7-10H2,(H2,25,29). The number of halogens is 1. The summed E-state index contributed by atoms with van der Waals surface area (Å²) in [5, 5.41) is 1.43. The number of ether oxygens (including phenoxy) is 1. The average molecular weight is 435 g/mol. The van der Waals surface area contributed by atoms with Crippen molar-refractivity contribution >= 4 is 45.4 Å². The minimum absolute atomic E-state index is 0.0474. The molecule has 7 nitrogen and oxygen atoms in total. The van der Waals surface area contributed by atoms with E-state index in [-0.39, 0.29) is 5.91 Å². The van der Waals surface area contributed by atoms with Crippen molar-refractivity contribution in [3.05, 3.63) is 64.7 Å². The smallest absolute Gasteiger partial charge is 0.254 e. The van der Waals surface area contributed by atoms with E-state index in [1.807, 2.05) is 18.2 Å². The Bertz CT molecular complexity index is 1320. The third-order valence-electron chi connectivity index (χ3n) is 5.50. The molecule has 0 aliphatic carbocycles. The number of hydrogen-bond donors (Lipinski definition) is 2. The van der Waals surface area contributed by atoms with Gasteiger partial charge in [0.2, 0.25) is 0 Å². The molecule has 8 heteroatoms. The number of fused-ring (bicyclic) bond motifs is 3. The van der Waals surface area contributed by atoms with Crippen LogP contribution < -0.4 is 5.73 Å². The molecule has 1 aliphatic rings. The van der Waals surface area contributed by atoms with E-state index in [1.54, 1.807) is 35.2 Å². The SMILES string of the molecule is NC(=O)c1cc(-c2ccc(Cl)cc2)nc2c1[nH]c1cc(C(=O)N3CCOCC3)ccc12. The minimum Gasteiger partial charge on any atom is -0.378 e. The van der Waals surface area contributed by atoms with Crippen LogP contribution in [0.2, 0.25) is 5.02 Å². The molecular weight excluding hydrogens is 416 g/mol. The van der Waals surface area contributed by atoms with Crippen LogP contribution in [0.3, 0.4) is 0 Å². The topological polar surface area (TPSA) is 101 Å². The average Bonchev–Trinajstić information content (AvgIpc) is 3.16. The number of rotatable bonds is 3. The van der Waals surface area contributed by atoms with Gasteiger partial charge in [0, 0.05) is 40.1 Å². The summed E-state index contributed by atoms with van der Waals surface area (Å²) in [5.74, 6) is -0.604. The van der Waals surface area contributed by atoms with E-state index in [0.717, 1.165) is 16.5 Å². The van der Waals surface area contributed by atoms with E-state index in [2.05, 4.69) is 4.98 Å². The number of nitrogens with two attached hydrogens (primary N) is 1. The van der Waals surface area contributed by atoms with Gasteiger partial charge in [-0.1, -0.05) is 23.7 Å². The molecule has 0 bridgehead atoms. The van der Waals surface area contributed by atoms with Crippen molar-refractivity contribution in [3.8, 4) is 11.3 Å². The fourth-order valence-corrected chi connectivity index (χ4v) is 4.03. The zero-order valence-electron chi connectivity index (χ0n) is 16.5. The Morgan fingerprint density at radius 3 is 2.52 bits per heavy atom. The summed E-state index contributed by atoms with van der Waals surface area (Å²) >= 11 is 6.00. The van der Waals surface area contributed by atoms with Crippen molar-refractivity contribution in [1.29, 1.82) is 0 Å². The van der Waals surface area contributed by atoms with Gasteiger partial charge in [0.15, 0.2) is 0 Å². The van der Waals surface area contributed by atoms with Gasteiger partial charge in [0.25, 0.3) is 11.8 Å². The van der Waals surface area contributed by atoms with Crippen LogP contribution in [-0.2, 0) is 4.74 Å². The van der Waals surface area contributed by atoms with Crippen molar-refractivity contribution in [3.63, 3.8) is 0 Å². The lowest BCUT2D eigenvalue weighted by Crippen LogP contribution is -2.40. The van der Waals surface area contributed by atoms with Crippen LogP contribution in [0.25, 0.3) is 33.2 Å². The summed E-state index contributed by atoms with van der Waals surface area (Å²) < 4.78 is 5.33. The third kappa shape index (κ3) is 3.52. The predicted molar refractivity (Wildman–Crippen MR) is 119 cm³/mol. The van der Waals surface area contributed by atoms with Crippen molar-refractivity contribution < 1.29 is 14.3 Å². The van der Waals surface area contributed by atoms with Crippen molar-refractivity contribution in [2.75, 3.05) is 26.3 Å². The molecule has 0 radical (unpaired) electrons. The maximum absolute atomic E-state index is 12.9. The minimum atomic E-state index is -0.557. The Hall–Kier alpha value is -3.42. The Morgan fingerprint density at radius 2 is 1.81 bits per heavy atom. The number of pyridine rings is 1. The third-order valence-corrected chi connectivity index (χ3v) is 5.76. The number of benzene rings is 2. The molecule has 3 heterocycles. The highest BCUT2D eigenvalue weighted by molar-refractivity contribution is 6.30. The van der Waals surface area contributed by atoms with E-state index >= 15 is 0 Å². The molecule has 4 aromatic rings. The quantitative estimate of drug-likeness (QED) is 0.514. The van der Waals surface area contributed by atoms with Gasteiger partial charge in [-0.25, -0.2) is 4.98 Å². The lowest BCUT2D eigenvalue weighted by molar-refractivity contribution is 0.0303. The van der Waals surface area contributed by atoms with Crippen molar-refractivity contribution in [1.82, 2.24) is 14.9 Å². The molecule has 2 amide bonds. The first-order chi connectivity index (χ1) is 15.0. The highest BCUT2D eigenvalue weighted by Gasteiger charge is 2.21. The van der Waals surface area contributed by atoms with Crippen LogP contribution in [0.15, 0.2) is 48.5 Å². The molecule has 2 aromatic carbocycles. The first kappa shape index (κ1) is 19.5. The molecule has 0 saturated carbocycles. The lowest BCUT2D eigenvalue weighted by Gasteiger charge is -2.26. The molecule has 0 unspecified atom stereocenters. The largest absolute Gasteiger partial charge is 0.378 e. The normalized spacial score (nSPS) is 14.3. The van der Waals surface area contributed by atoms with Crippen LogP contribution >= 0.6 is 11.6 Å². The lowest BCUT2D eigenvalue weighted by atomic mass is 10.1. The first-order valence-corrected chi connectivity index (χ1v) is 10.3. The van der Waals surface area contributed by atoms with Gasteiger partial charge in [-0.05, 0) is 36.4 Å². The van der Waals surface area contributed by atoms with E-state index in [9.17, 15) is 9.59 Å². The highest BCUT2D eigenvalue weighted by Crippen LogP contribution is 2.31. The van der Waals surface area contributed by atoms with Crippen LogP contribution in [0, 0.1) is 0 Å². The molecule has 1 saturated heterocycles. The van der Waals surface area contributed by atoms with Gasteiger partial charge in [-0.2, -0.15) is 0 Å². The van der Waals surface area contributed by atoms with Gasteiger partial charge in [-0.15, -0.1) is 0 Å². The van der Waals surface area contributed by atoms with Gasteiger partial charge in [0.1, 0.15) is 0 Å². The van der Waals surface area contributed by atoms with E-state index < -0.39 is 5.91 Å². The Balaban J connectivity index is 1.64. The van der Waals surface area contributed by atoms with E-state index in [0.29, 0.717) is 59.2 Å². The molecule has 1 fully saturated rings. The number of nitrogens with zero attached hydrogens (tertiary/aromatic N) is 2. The number of aromatic amines is 1.